The minimum absolute atomic E-state index is 0.0231. The van der Waals surface area contributed by atoms with E-state index in [4.69, 9.17) is 21.4 Å². The first kappa shape index (κ1) is 27.7. The molecule has 2 aromatic heterocycles. The van der Waals surface area contributed by atoms with Crippen molar-refractivity contribution in [2.75, 3.05) is 17.2 Å². The van der Waals surface area contributed by atoms with E-state index in [-0.39, 0.29) is 29.0 Å². The van der Waals surface area contributed by atoms with Gasteiger partial charge >= 0.3 is 11.9 Å². The van der Waals surface area contributed by atoms with Crippen LogP contribution in [0.1, 0.15) is 17.8 Å². The number of β-lactam (4-membered cyclic amide) rings is 1. The number of fused-ring (bicyclic) bond motifs is 1. The predicted molar refractivity (Wildman–Crippen MR) is 137 cm³/mol. The van der Waals surface area contributed by atoms with E-state index in [2.05, 4.69) is 30.0 Å². The van der Waals surface area contributed by atoms with Crippen LogP contribution < -0.4 is 16.8 Å². The van der Waals surface area contributed by atoms with E-state index in [1.165, 1.54) is 41.8 Å². The molecule has 4 heterocycles. The fourth-order valence-corrected chi connectivity index (χ4v) is 6.92. The number of carboxylic acid groups (broad SMARTS) is 2. The number of aliphatic carboxylic acids is 2. The van der Waals surface area contributed by atoms with E-state index in [0.717, 1.165) is 16.4 Å². The van der Waals surface area contributed by atoms with Gasteiger partial charge in [0.15, 0.2) is 9.47 Å². The number of carboxylic acids is 2. The van der Waals surface area contributed by atoms with Crippen molar-refractivity contribution >= 4 is 81.0 Å². The Balaban J connectivity index is 1.49. The number of nitrogen functional groups attached to an aromatic ring is 1. The molecule has 0 spiro atoms. The second-order valence-corrected chi connectivity index (χ2v) is 11.7. The Morgan fingerprint density at radius 3 is 2.71 bits per heavy atom. The van der Waals surface area contributed by atoms with Crippen LogP contribution in [0.4, 0.5) is 5.13 Å². The van der Waals surface area contributed by atoms with Gasteiger partial charge in [0.05, 0.1) is 0 Å². The van der Waals surface area contributed by atoms with E-state index < -0.39 is 47.0 Å². The monoisotopic (exact) mass is 601 g/mol. The molecule has 0 aliphatic carbocycles. The minimum atomic E-state index is -1.38. The average Bonchev–Trinajstić information content (AvgIpc) is 3.53. The standard InChI is InChI=1S/C18H19N9O7S4/c1-5(15(30)31)34-25-8(11-22-17(20)38-26-11)12(28)21-9-13(29)27-10(16(32)33)6(3-35-14(9)27)4-36-18-24-23-7(2-19)37-18/h5,9,14H,2-4,19H2,1H3,(H,21,28)(H,30,31)(H,32,33)(H2,20,22,26)/b25-8-/t5?,9?,14-/m1/s1. The number of nitrogens with two attached hydrogens (primary N) is 2. The van der Waals surface area contributed by atoms with Gasteiger partial charge in [0, 0.05) is 29.6 Å². The Labute approximate surface area is 230 Å². The summed E-state index contributed by atoms with van der Waals surface area (Å²) in [5.41, 5.74) is 11.0. The maximum absolute atomic E-state index is 13.0. The first-order valence-corrected chi connectivity index (χ1v) is 14.1. The number of thioether (sulfide) groups is 2. The zero-order chi connectivity index (χ0) is 27.6. The van der Waals surface area contributed by atoms with Gasteiger partial charge in [-0.1, -0.05) is 28.3 Å². The average molecular weight is 602 g/mol. The van der Waals surface area contributed by atoms with Crippen LogP contribution >= 0.6 is 46.4 Å². The van der Waals surface area contributed by atoms with Crippen LogP contribution in [0, 0.1) is 0 Å². The lowest BCUT2D eigenvalue weighted by Crippen LogP contribution is -2.71. The molecular weight excluding hydrogens is 583 g/mol. The summed E-state index contributed by atoms with van der Waals surface area (Å²) < 4.78 is 4.51. The lowest BCUT2D eigenvalue weighted by atomic mass is 10.0. The van der Waals surface area contributed by atoms with Gasteiger partial charge in [-0.3, -0.25) is 14.5 Å². The second kappa shape index (κ2) is 11.6. The predicted octanol–water partition coefficient (Wildman–Crippen LogP) is -0.845. The zero-order valence-corrected chi connectivity index (χ0v) is 22.5. The summed E-state index contributed by atoms with van der Waals surface area (Å²) in [6.07, 6.45) is -1.38. The fraction of sp³-hybridized carbons (Fsp3) is 0.389. The molecule has 2 aliphatic heterocycles. The molecule has 4 rings (SSSR count). The van der Waals surface area contributed by atoms with Gasteiger partial charge in [-0.2, -0.15) is 9.36 Å². The largest absolute Gasteiger partial charge is 0.478 e. The third-order valence-corrected chi connectivity index (χ3v) is 9.10. The summed E-state index contributed by atoms with van der Waals surface area (Å²) >= 11 is 4.65. The van der Waals surface area contributed by atoms with Gasteiger partial charge in [0.25, 0.3) is 11.8 Å². The van der Waals surface area contributed by atoms with Gasteiger partial charge in [-0.15, -0.1) is 22.0 Å². The molecular formula is C18H19N9O7S4. The summed E-state index contributed by atoms with van der Waals surface area (Å²) in [5, 5.41) is 32.8. The van der Waals surface area contributed by atoms with Crippen molar-refractivity contribution in [1.82, 2.24) is 29.8 Å². The van der Waals surface area contributed by atoms with Crippen LogP contribution in [0.5, 0.6) is 0 Å². The normalized spacial score (nSPS) is 20.0. The molecule has 0 saturated carbocycles. The Morgan fingerprint density at radius 2 is 2.11 bits per heavy atom. The van der Waals surface area contributed by atoms with E-state index in [1.807, 2.05) is 0 Å². The smallest absolute Gasteiger partial charge is 0.352 e. The Morgan fingerprint density at radius 1 is 1.34 bits per heavy atom. The molecule has 1 saturated heterocycles. The molecule has 2 aromatic rings. The van der Waals surface area contributed by atoms with Crippen LogP contribution in [0.3, 0.4) is 0 Å². The number of amides is 2. The number of nitrogens with zero attached hydrogens (tertiary/aromatic N) is 6. The van der Waals surface area contributed by atoms with Crippen LogP contribution in [0.2, 0.25) is 0 Å². The maximum Gasteiger partial charge on any atom is 0.352 e. The topological polar surface area (TPSA) is 249 Å². The second-order valence-electron chi connectivity index (χ2n) is 7.55. The highest BCUT2D eigenvalue weighted by Crippen LogP contribution is 2.41. The highest BCUT2D eigenvalue weighted by molar-refractivity contribution is 8.01. The number of carbonyl (C=O) groups excluding carboxylic acids is 2. The van der Waals surface area contributed by atoms with Gasteiger partial charge in [0.1, 0.15) is 22.1 Å². The third kappa shape index (κ3) is 5.72. The highest BCUT2D eigenvalue weighted by atomic mass is 32.2. The Bertz CT molecular complexity index is 1340. The molecule has 3 atom stereocenters. The van der Waals surface area contributed by atoms with E-state index in [1.54, 1.807) is 0 Å². The Hall–Kier alpha value is -3.33. The van der Waals surface area contributed by atoms with Crippen LogP contribution in [0.15, 0.2) is 20.8 Å². The molecule has 0 aromatic carbocycles. The molecule has 20 heteroatoms. The molecule has 1 fully saturated rings. The van der Waals surface area contributed by atoms with Crippen LogP contribution in [0.25, 0.3) is 0 Å². The molecule has 38 heavy (non-hydrogen) atoms. The quantitative estimate of drug-likeness (QED) is 0.0911. The number of hydrogen-bond acceptors (Lipinski definition) is 16. The van der Waals surface area contributed by atoms with Gasteiger partial charge in [0.2, 0.25) is 17.6 Å². The SMILES string of the molecule is CC(O/N=C(\C(=O)NC1C(=O)N2C(C(=O)O)=C(CSc3nnc(CN)s3)CS[C@H]12)c1nsc(N)n1)C(=O)O. The van der Waals surface area contributed by atoms with E-state index in [9.17, 15) is 24.3 Å². The molecule has 2 unspecified atom stereocenters. The maximum atomic E-state index is 13.0. The molecule has 0 bridgehead atoms. The molecule has 7 N–H and O–H groups in total. The van der Waals surface area contributed by atoms with Crippen molar-refractivity contribution in [3.05, 3.63) is 22.1 Å². The lowest BCUT2D eigenvalue weighted by Gasteiger charge is -2.49. The van der Waals surface area contributed by atoms with Crippen molar-refractivity contribution < 1.29 is 34.2 Å². The summed E-state index contributed by atoms with van der Waals surface area (Å²) in [5.74, 6) is -3.81. The van der Waals surface area contributed by atoms with Crippen molar-refractivity contribution in [3.8, 4) is 0 Å². The lowest BCUT2D eigenvalue weighted by molar-refractivity contribution is -0.150. The zero-order valence-electron chi connectivity index (χ0n) is 19.3. The van der Waals surface area contributed by atoms with Crippen molar-refractivity contribution in [2.45, 2.75) is 35.3 Å². The van der Waals surface area contributed by atoms with Gasteiger partial charge in [-0.05, 0) is 12.5 Å². The molecule has 16 nitrogen and oxygen atoms in total. The van der Waals surface area contributed by atoms with E-state index in [0.29, 0.717) is 20.7 Å². The van der Waals surface area contributed by atoms with Gasteiger partial charge in [-0.25, -0.2) is 9.59 Å². The summed E-state index contributed by atoms with van der Waals surface area (Å²) in [7, 11) is 0. The van der Waals surface area contributed by atoms with Crippen LogP contribution in [-0.2, 0) is 30.6 Å². The van der Waals surface area contributed by atoms with Gasteiger partial charge < -0.3 is 31.8 Å². The van der Waals surface area contributed by atoms with Crippen LogP contribution in [-0.4, -0.2) is 93.2 Å². The van der Waals surface area contributed by atoms with Crippen molar-refractivity contribution in [1.29, 1.82) is 0 Å². The molecule has 2 amide bonds. The number of nitrogens with one attached hydrogen (secondary N) is 1. The highest BCUT2D eigenvalue weighted by Gasteiger charge is 2.54. The molecule has 202 valence electrons. The number of carbonyl (C=O) groups is 4. The molecule has 2 aliphatic rings. The number of hydrogen-bond donors (Lipinski definition) is 5. The fourth-order valence-electron chi connectivity index (χ4n) is 3.22. The molecule has 0 radical (unpaired) electrons. The minimum Gasteiger partial charge on any atom is -0.478 e. The Kier molecular flexibility index (Phi) is 8.45. The van der Waals surface area contributed by atoms with Crippen molar-refractivity contribution in [3.63, 3.8) is 0 Å². The number of rotatable bonds is 11. The summed E-state index contributed by atoms with van der Waals surface area (Å²) in [6.45, 7) is 1.45. The number of anilines is 1. The van der Waals surface area contributed by atoms with Crippen molar-refractivity contribution in [2.24, 2.45) is 10.9 Å². The number of oxime groups is 1. The third-order valence-electron chi connectivity index (χ3n) is 5.05. The summed E-state index contributed by atoms with van der Waals surface area (Å²) in [4.78, 5) is 59.0. The first-order valence-electron chi connectivity index (χ1n) is 10.5. The van der Waals surface area contributed by atoms with E-state index >= 15 is 0 Å². The summed E-state index contributed by atoms with van der Waals surface area (Å²) in [6, 6.07) is -1.08. The number of aromatic nitrogens is 4. The first-order chi connectivity index (χ1) is 18.1.